The largest absolute Gasteiger partial charge is 0.476 e. The quantitative estimate of drug-likeness (QED) is 0.0915. The first kappa shape index (κ1) is 41.1. The lowest BCUT2D eigenvalue weighted by Crippen LogP contribution is -2.47. The number of sulfonamides is 1. The van der Waals surface area contributed by atoms with Crippen molar-refractivity contribution in [1.82, 2.24) is 19.6 Å². The van der Waals surface area contributed by atoms with Crippen LogP contribution in [0.25, 0.3) is 16.6 Å². The smallest absolute Gasteiger partial charge is 0.293 e. The number of halogens is 1. The van der Waals surface area contributed by atoms with Crippen LogP contribution in [0.2, 0.25) is 5.02 Å². The molecule has 5 aromatic rings. The molecule has 0 saturated carbocycles. The van der Waals surface area contributed by atoms with Gasteiger partial charge in [-0.1, -0.05) is 50.1 Å². The number of nitro groups is 1. The van der Waals surface area contributed by atoms with E-state index in [1.165, 1.54) is 35.9 Å². The second kappa shape index (κ2) is 16.4. The number of H-pyrrole nitrogens is 1. The summed E-state index contributed by atoms with van der Waals surface area (Å²) in [6.45, 7) is 11.6. The van der Waals surface area contributed by atoms with E-state index in [2.05, 4.69) is 50.8 Å². The molecule has 1 aliphatic carbocycles. The minimum atomic E-state index is -4.53. The predicted octanol–water partition coefficient (Wildman–Crippen LogP) is 8.24. The van der Waals surface area contributed by atoms with Crippen molar-refractivity contribution in [3.63, 3.8) is 0 Å². The number of benzene rings is 3. The fraction of sp³-hybridized carbons (Fsp3) is 0.364. The molecule has 60 heavy (non-hydrogen) atoms. The number of fused-ring (bicyclic) bond motifs is 2. The number of aromatic amines is 1. The number of allylic oxidation sites excluding steroid dienone is 1. The highest BCUT2D eigenvalue weighted by Gasteiger charge is 2.32. The second-order valence-electron chi connectivity index (χ2n) is 16.8. The van der Waals surface area contributed by atoms with Crippen molar-refractivity contribution in [3.05, 3.63) is 111 Å². The van der Waals surface area contributed by atoms with E-state index in [4.69, 9.17) is 21.3 Å². The van der Waals surface area contributed by atoms with Gasteiger partial charge in [-0.05, 0) is 90.4 Å². The SMILES string of the molecule is CNc1ccc(S(=O)(=O)NC(=O)c2ccc(N3CCN(CC4=C(c5ccc(Cl)cc5)CC(C)(C)CC4)CC3)cc2N2CC(C)COc3nc4[nH]ccc4cc32)cc1[N+](=O)[O-]. The van der Waals surface area contributed by atoms with Gasteiger partial charge >= 0.3 is 0 Å². The van der Waals surface area contributed by atoms with Gasteiger partial charge in [0.05, 0.1) is 27.7 Å². The van der Waals surface area contributed by atoms with Crippen molar-refractivity contribution in [2.75, 3.05) is 68.0 Å². The van der Waals surface area contributed by atoms with E-state index in [1.54, 1.807) is 12.3 Å². The molecule has 1 saturated heterocycles. The number of nitro benzene ring substituents is 1. The van der Waals surface area contributed by atoms with Crippen molar-refractivity contribution in [2.24, 2.45) is 11.3 Å². The van der Waals surface area contributed by atoms with E-state index in [0.29, 0.717) is 36.1 Å². The third-order valence-corrected chi connectivity index (χ3v) is 13.4. The van der Waals surface area contributed by atoms with Crippen molar-refractivity contribution in [3.8, 4) is 5.88 Å². The lowest BCUT2D eigenvalue weighted by molar-refractivity contribution is -0.384. The highest BCUT2D eigenvalue weighted by Crippen LogP contribution is 2.44. The minimum Gasteiger partial charge on any atom is -0.476 e. The van der Waals surface area contributed by atoms with Gasteiger partial charge < -0.3 is 24.8 Å². The summed E-state index contributed by atoms with van der Waals surface area (Å²) in [6, 6.07) is 21.0. The van der Waals surface area contributed by atoms with Crippen molar-refractivity contribution in [2.45, 2.75) is 44.9 Å². The zero-order valence-corrected chi connectivity index (χ0v) is 35.7. The van der Waals surface area contributed by atoms with Gasteiger partial charge in [0.25, 0.3) is 21.6 Å². The number of anilines is 4. The van der Waals surface area contributed by atoms with Crippen LogP contribution < -0.4 is 24.6 Å². The number of piperazine rings is 1. The van der Waals surface area contributed by atoms with Crippen molar-refractivity contribution < 1.29 is 22.9 Å². The molecular formula is C44H49ClN8O6S. The summed E-state index contributed by atoms with van der Waals surface area (Å²) in [5, 5.41) is 16.0. The van der Waals surface area contributed by atoms with Crippen LogP contribution in [0.4, 0.5) is 28.4 Å². The summed E-state index contributed by atoms with van der Waals surface area (Å²) >= 11 is 6.26. The molecule has 0 radical (unpaired) electrons. The lowest BCUT2D eigenvalue weighted by atomic mass is 9.72. The zero-order valence-electron chi connectivity index (χ0n) is 34.1. The van der Waals surface area contributed by atoms with Crippen LogP contribution in [0.5, 0.6) is 5.88 Å². The zero-order chi connectivity index (χ0) is 42.3. The maximum absolute atomic E-state index is 14.2. The van der Waals surface area contributed by atoms with E-state index in [-0.39, 0.29) is 22.6 Å². The van der Waals surface area contributed by atoms with Crippen LogP contribution in [0.1, 0.15) is 56.0 Å². The molecule has 314 valence electrons. The third-order valence-electron chi connectivity index (χ3n) is 11.8. The van der Waals surface area contributed by atoms with Crippen molar-refractivity contribution in [1.29, 1.82) is 0 Å². The van der Waals surface area contributed by atoms with Gasteiger partial charge in [0.15, 0.2) is 0 Å². The first-order chi connectivity index (χ1) is 28.7. The summed E-state index contributed by atoms with van der Waals surface area (Å²) < 4.78 is 35.8. The molecule has 0 bridgehead atoms. The van der Waals surface area contributed by atoms with Crippen LogP contribution in [0.3, 0.4) is 0 Å². The fourth-order valence-corrected chi connectivity index (χ4v) is 9.58. The molecular weight excluding hydrogens is 804 g/mol. The van der Waals surface area contributed by atoms with Gasteiger partial charge in [-0.2, -0.15) is 4.98 Å². The monoisotopic (exact) mass is 852 g/mol. The number of rotatable bonds is 10. The number of carbonyl (C=O) groups excluding carboxylic acids is 1. The van der Waals surface area contributed by atoms with Crippen LogP contribution in [-0.2, 0) is 10.0 Å². The second-order valence-corrected chi connectivity index (χ2v) is 18.9. The average molecular weight is 853 g/mol. The molecule has 4 heterocycles. The number of amides is 1. The maximum Gasteiger partial charge on any atom is 0.293 e. The fourth-order valence-electron chi connectivity index (χ4n) is 8.47. The first-order valence-electron chi connectivity index (χ1n) is 20.2. The highest BCUT2D eigenvalue weighted by molar-refractivity contribution is 7.90. The summed E-state index contributed by atoms with van der Waals surface area (Å²) in [5.74, 6) is -0.479. The molecule has 0 spiro atoms. The number of ether oxygens (including phenoxy) is 1. The summed E-state index contributed by atoms with van der Waals surface area (Å²) in [4.78, 5) is 39.6. The number of nitrogens with zero attached hydrogens (tertiary/aromatic N) is 5. The Hall–Kier alpha value is -5.64. The summed E-state index contributed by atoms with van der Waals surface area (Å²) in [5.41, 5.74) is 6.85. The molecule has 1 atom stereocenters. The van der Waals surface area contributed by atoms with E-state index in [0.717, 1.165) is 74.1 Å². The Balaban J connectivity index is 1.11. The topological polar surface area (TPSA) is 166 Å². The lowest BCUT2D eigenvalue weighted by Gasteiger charge is -2.39. The van der Waals surface area contributed by atoms with E-state index in [9.17, 15) is 23.3 Å². The van der Waals surface area contributed by atoms with E-state index >= 15 is 0 Å². The van der Waals surface area contributed by atoms with Gasteiger partial charge in [-0.25, -0.2) is 13.1 Å². The Labute approximate surface area is 354 Å². The number of hydrogen-bond donors (Lipinski definition) is 3. The molecule has 3 N–H and O–H groups in total. The van der Waals surface area contributed by atoms with Gasteiger partial charge in [0, 0.05) is 80.6 Å². The number of carbonyl (C=O) groups is 1. The van der Waals surface area contributed by atoms with Crippen LogP contribution in [-0.4, -0.2) is 87.0 Å². The molecule has 1 unspecified atom stereocenters. The van der Waals surface area contributed by atoms with E-state index in [1.807, 2.05) is 48.2 Å². The molecule has 3 aliphatic rings. The Morgan fingerprint density at radius 1 is 1.03 bits per heavy atom. The summed E-state index contributed by atoms with van der Waals surface area (Å²) in [7, 11) is -3.03. The number of pyridine rings is 1. The first-order valence-corrected chi connectivity index (χ1v) is 22.0. The van der Waals surface area contributed by atoms with Gasteiger partial charge in [-0.3, -0.25) is 19.8 Å². The van der Waals surface area contributed by atoms with Crippen molar-refractivity contribution >= 4 is 72.6 Å². The molecule has 14 nitrogen and oxygen atoms in total. The molecule has 3 aromatic carbocycles. The minimum absolute atomic E-state index is 0.00746. The maximum atomic E-state index is 14.2. The normalized spacial score (nSPS) is 18.4. The Morgan fingerprint density at radius 2 is 1.80 bits per heavy atom. The molecule has 2 aliphatic heterocycles. The third kappa shape index (κ3) is 8.51. The van der Waals surface area contributed by atoms with Crippen LogP contribution >= 0.6 is 11.6 Å². The number of hydrogen-bond acceptors (Lipinski definition) is 11. The van der Waals surface area contributed by atoms with Gasteiger partial charge in [0.1, 0.15) is 17.0 Å². The van der Waals surface area contributed by atoms with Gasteiger partial charge in [0.2, 0.25) is 5.88 Å². The Bertz CT molecular complexity index is 2600. The molecule has 1 fully saturated rings. The number of aromatic nitrogens is 2. The van der Waals surface area contributed by atoms with Crippen LogP contribution in [0.15, 0.2) is 89.5 Å². The predicted molar refractivity (Wildman–Crippen MR) is 236 cm³/mol. The average Bonchev–Trinajstić information content (AvgIpc) is 3.63. The van der Waals surface area contributed by atoms with Crippen LogP contribution in [0, 0.1) is 21.4 Å². The molecule has 2 aromatic heterocycles. The summed E-state index contributed by atoms with van der Waals surface area (Å²) in [6.07, 6.45) is 5.01. The van der Waals surface area contributed by atoms with E-state index < -0.39 is 31.4 Å². The van der Waals surface area contributed by atoms with Gasteiger partial charge in [-0.15, -0.1) is 0 Å². The molecule has 8 rings (SSSR count). The Kier molecular flexibility index (Phi) is 11.3. The highest BCUT2D eigenvalue weighted by atomic mass is 35.5. The standard InChI is InChI=1S/C44H49ClN8O6S/c1-28-25-52(40-21-30-14-16-47-41(30)48-43(40)59-27-28)38-22-33(9-11-35(38)42(54)49-60(57,58)34-10-12-37(46-4)39(23-34)53(55)56)51-19-17-50(18-20-51)26-31-13-15-44(2,3)24-36(31)29-5-7-32(45)8-6-29/h5-12,14,16,21-23,28,46H,13,15,17-20,24-27H2,1-4H3,(H,47,48)(H,49,54). The number of nitrogens with one attached hydrogen (secondary N) is 3. The molecule has 16 heteroatoms. The molecule has 1 amide bonds. The Morgan fingerprint density at radius 3 is 2.53 bits per heavy atom.